The van der Waals surface area contributed by atoms with E-state index in [-0.39, 0.29) is 15.9 Å². The molecule has 0 aliphatic heterocycles. The Balaban J connectivity index is 1.97. The average molecular weight is 352 g/mol. The zero-order valence-electron chi connectivity index (χ0n) is 10.5. The number of nitrogens with one attached hydrogen (secondary N) is 2. The number of para-hydroxylation sites is 1. The molecule has 2 N–H and O–H groups in total. The van der Waals surface area contributed by atoms with Gasteiger partial charge >= 0.3 is 0 Å². The molecule has 0 saturated carbocycles. The molecule has 2 aromatic carbocycles. The van der Waals surface area contributed by atoms with Crippen LogP contribution in [0.3, 0.4) is 0 Å². The van der Waals surface area contributed by atoms with Gasteiger partial charge in [0.25, 0.3) is 5.91 Å². The normalized spacial score (nSPS) is 10.8. The highest BCUT2D eigenvalue weighted by molar-refractivity contribution is 9.10. The van der Waals surface area contributed by atoms with Crippen molar-refractivity contribution in [3.63, 3.8) is 0 Å². The molecule has 0 spiro atoms. The number of aromatic nitrogens is 2. The molecule has 21 heavy (non-hydrogen) atoms. The number of benzene rings is 2. The number of H-pyrrole nitrogens is 1. The highest BCUT2D eigenvalue weighted by Crippen LogP contribution is 2.27. The van der Waals surface area contributed by atoms with E-state index >= 15 is 0 Å². The largest absolute Gasteiger partial charge is 0.317 e. The third-order valence-electron chi connectivity index (χ3n) is 2.93. The first-order valence-electron chi connectivity index (χ1n) is 5.95. The second-order valence-corrected chi connectivity index (χ2v) is 5.17. The molecule has 3 rings (SSSR count). The van der Waals surface area contributed by atoms with Gasteiger partial charge in [-0.25, -0.2) is 8.78 Å². The van der Waals surface area contributed by atoms with Gasteiger partial charge in [-0.05, 0) is 28.1 Å². The molecule has 4 nitrogen and oxygen atoms in total. The molecular weight excluding hydrogens is 344 g/mol. The lowest BCUT2D eigenvalue weighted by molar-refractivity contribution is 0.102. The monoisotopic (exact) mass is 351 g/mol. The molecular formula is C14H8BrF2N3O. The van der Waals surface area contributed by atoms with Crippen LogP contribution in [0, 0.1) is 11.6 Å². The Morgan fingerprint density at radius 2 is 2.00 bits per heavy atom. The molecule has 0 aliphatic rings. The summed E-state index contributed by atoms with van der Waals surface area (Å²) in [4.78, 5) is 12.2. The van der Waals surface area contributed by atoms with Gasteiger partial charge in [-0.1, -0.05) is 18.2 Å². The summed E-state index contributed by atoms with van der Waals surface area (Å²) in [7, 11) is 0. The van der Waals surface area contributed by atoms with Crippen LogP contribution >= 0.6 is 15.9 Å². The number of halogens is 3. The molecule has 0 radical (unpaired) electrons. The number of anilines is 1. The van der Waals surface area contributed by atoms with Crippen molar-refractivity contribution >= 4 is 38.4 Å². The summed E-state index contributed by atoms with van der Waals surface area (Å²) in [5.74, 6) is -2.18. The average Bonchev–Trinajstić information content (AvgIpc) is 2.86. The van der Waals surface area contributed by atoms with Crippen LogP contribution in [0.15, 0.2) is 40.9 Å². The first kappa shape index (κ1) is 13.7. The van der Waals surface area contributed by atoms with Crippen LogP contribution in [-0.4, -0.2) is 16.1 Å². The lowest BCUT2D eigenvalue weighted by Crippen LogP contribution is -2.14. The Kier molecular flexibility index (Phi) is 3.42. The fourth-order valence-electron chi connectivity index (χ4n) is 1.97. The summed E-state index contributed by atoms with van der Waals surface area (Å²) >= 11 is 3.02. The number of aromatic amines is 1. The van der Waals surface area contributed by atoms with Crippen molar-refractivity contribution in [2.75, 3.05) is 5.32 Å². The Labute approximate surface area is 126 Å². The van der Waals surface area contributed by atoms with Crippen molar-refractivity contribution in [1.29, 1.82) is 0 Å². The van der Waals surface area contributed by atoms with Crippen LogP contribution in [0.2, 0.25) is 0 Å². The van der Waals surface area contributed by atoms with Crippen LogP contribution in [-0.2, 0) is 0 Å². The third-order valence-corrected chi connectivity index (χ3v) is 3.56. The first-order valence-corrected chi connectivity index (χ1v) is 6.74. The van der Waals surface area contributed by atoms with E-state index in [4.69, 9.17) is 0 Å². The zero-order valence-corrected chi connectivity index (χ0v) is 12.0. The van der Waals surface area contributed by atoms with Gasteiger partial charge in [-0.15, -0.1) is 0 Å². The lowest BCUT2D eigenvalue weighted by atomic mass is 10.2. The van der Waals surface area contributed by atoms with E-state index in [0.717, 1.165) is 6.07 Å². The van der Waals surface area contributed by atoms with Crippen LogP contribution in [0.5, 0.6) is 0 Å². The van der Waals surface area contributed by atoms with Crippen molar-refractivity contribution in [3.8, 4) is 0 Å². The van der Waals surface area contributed by atoms with Crippen LogP contribution in [0.4, 0.5) is 14.5 Å². The standard InChI is InChI=1S/C14H8BrF2N3O/c15-9-5-7(16)6-10(17)13(9)18-14(21)12-8-3-1-2-4-11(8)19-20-12/h1-6H,(H,18,21)(H,19,20). The number of hydrogen-bond donors (Lipinski definition) is 2. The Hall–Kier alpha value is -2.28. The van der Waals surface area contributed by atoms with Gasteiger partial charge in [0.2, 0.25) is 0 Å². The molecule has 0 bridgehead atoms. The number of fused-ring (bicyclic) bond motifs is 1. The highest BCUT2D eigenvalue weighted by Gasteiger charge is 2.18. The molecule has 0 unspecified atom stereocenters. The Morgan fingerprint density at radius 1 is 1.24 bits per heavy atom. The Morgan fingerprint density at radius 3 is 2.76 bits per heavy atom. The van der Waals surface area contributed by atoms with Crippen molar-refractivity contribution < 1.29 is 13.6 Å². The maximum absolute atomic E-state index is 13.7. The second kappa shape index (κ2) is 5.25. The highest BCUT2D eigenvalue weighted by atomic mass is 79.9. The van der Waals surface area contributed by atoms with Gasteiger partial charge in [0.1, 0.15) is 5.82 Å². The molecule has 106 valence electrons. The fourth-order valence-corrected chi connectivity index (χ4v) is 2.48. The predicted molar refractivity (Wildman–Crippen MR) is 78.1 cm³/mol. The summed E-state index contributed by atoms with van der Waals surface area (Å²) in [6, 6.07) is 8.84. The third kappa shape index (κ3) is 2.52. The topological polar surface area (TPSA) is 57.8 Å². The number of nitrogens with zero attached hydrogens (tertiary/aromatic N) is 1. The second-order valence-electron chi connectivity index (χ2n) is 4.32. The molecule has 1 amide bonds. The van der Waals surface area contributed by atoms with E-state index in [1.54, 1.807) is 24.3 Å². The predicted octanol–water partition coefficient (Wildman–Crippen LogP) is 3.86. The van der Waals surface area contributed by atoms with E-state index in [2.05, 4.69) is 31.4 Å². The number of amides is 1. The fraction of sp³-hybridized carbons (Fsp3) is 0. The van der Waals surface area contributed by atoms with Gasteiger partial charge in [0.15, 0.2) is 11.5 Å². The van der Waals surface area contributed by atoms with Crippen LogP contribution < -0.4 is 5.32 Å². The minimum absolute atomic E-state index is 0.119. The molecule has 3 aromatic rings. The zero-order chi connectivity index (χ0) is 15.0. The molecule has 1 heterocycles. The Bertz CT molecular complexity index is 824. The first-order chi connectivity index (χ1) is 10.1. The summed E-state index contributed by atoms with van der Waals surface area (Å²) < 4.78 is 26.9. The molecule has 0 saturated heterocycles. The van der Waals surface area contributed by atoms with Gasteiger partial charge < -0.3 is 5.32 Å². The van der Waals surface area contributed by atoms with Gasteiger partial charge in [0, 0.05) is 15.9 Å². The maximum Gasteiger partial charge on any atom is 0.276 e. The summed E-state index contributed by atoms with van der Waals surface area (Å²) in [5.41, 5.74) is 0.705. The van der Waals surface area contributed by atoms with Gasteiger partial charge in [0.05, 0.1) is 11.2 Å². The smallest absolute Gasteiger partial charge is 0.276 e. The van der Waals surface area contributed by atoms with E-state index in [1.807, 2.05) is 0 Å². The maximum atomic E-state index is 13.7. The SMILES string of the molecule is O=C(Nc1c(F)cc(F)cc1Br)c1n[nH]c2ccccc12. The van der Waals surface area contributed by atoms with Crippen LogP contribution in [0.1, 0.15) is 10.5 Å². The van der Waals surface area contributed by atoms with E-state index in [9.17, 15) is 13.6 Å². The lowest BCUT2D eigenvalue weighted by Gasteiger charge is -2.07. The minimum Gasteiger partial charge on any atom is -0.317 e. The number of carbonyl (C=O) groups is 1. The quantitative estimate of drug-likeness (QED) is 0.736. The van der Waals surface area contributed by atoms with E-state index in [1.165, 1.54) is 0 Å². The van der Waals surface area contributed by atoms with Crippen LogP contribution in [0.25, 0.3) is 10.9 Å². The minimum atomic E-state index is -0.866. The molecule has 0 aliphatic carbocycles. The van der Waals surface area contributed by atoms with Crippen molar-refractivity contribution in [3.05, 3.63) is 58.2 Å². The van der Waals surface area contributed by atoms with E-state index in [0.29, 0.717) is 17.0 Å². The van der Waals surface area contributed by atoms with Gasteiger partial charge in [-0.2, -0.15) is 5.10 Å². The van der Waals surface area contributed by atoms with Crippen molar-refractivity contribution in [2.24, 2.45) is 0 Å². The molecule has 1 aromatic heterocycles. The number of carbonyl (C=O) groups excluding carboxylic acids is 1. The van der Waals surface area contributed by atoms with Crippen molar-refractivity contribution in [1.82, 2.24) is 10.2 Å². The van der Waals surface area contributed by atoms with Crippen molar-refractivity contribution in [2.45, 2.75) is 0 Å². The molecule has 7 heteroatoms. The number of rotatable bonds is 2. The van der Waals surface area contributed by atoms with E-state index < -0.39 is 17.5 Å². The molecule has 0 fully saturated rings. The summed E-state index contributed by atoms with van der Waals surface area (Å²) in [6.07, 6.45) is 0. The molecule has 0 atom stereocenters. The summed E-state index contributed by atoms with van der Waals surface area (Å²) in [6.45, 7) is 0. The van der Waals surface area contributed by atoms with Gasteiger partial charge in [-0.3, -0.25) is 9.89 Å². The summed E-state index contributed by atoms with van der Waals surface area (Å²) in [5, 5.41) is 9.65. The number of hydrogen-bond acceptors (Lipinski definition) is 2.